The number of rotatable bonds is 1. The molecule has 0 bridgehead atoms. The minimum Gasteiger partial charge on any atom is -0.205 e. The third-order valence-corrected chi connectivity index (χ3v) is 4.58. The molecule has 2 rings (SSSR count). The molecule has 0 heterocycles. The van der Waals surface area contributed by atoms with Crippen LogP contribution in [0.15, 0.2) is 46.9 Å². The summed E-state index contributed by atoms with van der Waals surface area (Å²) in [6, 6.07) is 13.2. The maximum absolute atomic E-state index is 13.9. The first-order valence-electron chi connectivity index (χ1n) is 4.39. The minimum atomic E-state index is -0.170. The van der Waals surface area contributed by atoms with Gasteiger partial charge >= 0.3 is 0 Å². The molecule has 3 heteroatoms. The van der Waals surface area contributed by atoms with Crippen molar-refractivity contribution >= 4 is 38.5 Å². The Morgan fingerprint density at radius 2 is 1.67 bits per heavy atom. The van der Waals surface area contributed by atoms with Crippen LogP contribution >= 0.6 is 38.5 Å². The normalized spacial score (nSPS) is 10.3. The zero-order chi connectivity index (χ0) is 10.8. The summed E-state index contributed by atoms with van der Waals surface area (Å²) in [5.41, 5.74) is 1.55. The van der Waals surface area contributed by atoms with Crippen molar-refractivity contribution in [2.24, 2.45) is 0 Å². The summed E-state index contributed by atoms with van der Waals surface area (Å²) in [6.07, 6.45) is 0. The Morgan fingerprint density at radius 1 is 1.00 bits per heavy atom. The van der Waals surface area contributed by atoms with Crippen molar-refractivity contribution in [2.45, 2.75) is 0 Å². The van der Waals surface area contributed by atoms with Crippen LogP contribution in [0.2, 0.25) is 0 Å². The summed E-state index contributed by atoms with van der Waals surface area (Å²) >= 11 is 5.30. The van der Waals surface area contributed by atoms with Crippen LogP contribution in [-0.4, -0.2) is 0 Å². The molecule has 0 fully saturated rings. The van der Waals surface area contributed by atoms with Crippen molar-refractivity contribution in [1.82, 2.24) is 0 Å². The second kappa shape index (κ2) is 4.61. The van der Waals surface area contributed by atoms with Crippen molar-refractivity contribution in [3.8, 4) is 11.1 Å². The highest BCUT2D eigenvalue weighted by molar-refractivity contribution is 14.1. The Hall–Kier alpha value is -0.420. The van der Waals surface area contributed by atoms with E-state index in [1.165, 1.54) is 0 Å². The highest BCUT2D eigenvalue weighted by Crippen LogP contribution is 2.30. The van der Waals surface area contributed by atoms with Crippen LogP contribution < -0.4 is 0 Å². The fourth-order valence-corrected chi connectivity index (χ4v) is 2.14. The van der Waals surface area contributed by atoms with E-state index >= 15 is 0 Å². The lowest BCUT2D eigenvalue weighted by Crippen LogP contribution is -1.89. The van der Waals surface area contributed by atoms with E-state index in [1.54, 1.807) is 6.07 Å². The van der Waals surface area contributed by atoms with Crippen molar-refractivity contribution in [3.05, 3.63) is 56.3 Å². The Bertz CT molecular complexity index is 482. The molecule has 0 amide bonds. The van der Waals surface area contributed by atoms with Crippen LogP contribution in [0.4, 0.5) is 4.39 Å². The fourth-order valence-electron chi connectivity index (χ4n) is 1.37. The molecule has 0 radical (unpaired) electrons. The number of benzene rings is 2. The van der Waals surface area contributed by atoms with E-state index in [1.807, 2.05) is 59.0 Å². The summed E-state index contributed by atoms with van der Waals surface area (Å²) in [5.74, 6) is -0.170. The Morgan fingerprint density at radius 3 is 2.33 bits per heavy atom. The van der Waals surface area contributed by atoms with Crippen LogP contribution in [0.3, 0.4) is 0 Å². The van der Waals surface area contributed by atoms with Gasteiger partial charge in [-0.1, -0.05) is 36.4 Å². The zero-order valence-electron chi connectivity index (χ0n) is 7.68. The average molecular weight is 377 g/mol. The molecule has 2 aromatic carbocycles. The summed E-state index contributed by atoms with van der Waals surface area (Å²) in [5, 5.41) is 0. The van der Waals surface area contributed by atoms with Gasteiger partial charge in [0.15, 0.2) is 0 Å². The second-order valence-electron chi connectivity index (χ2n) is 3.09. The van der Waals surface area contributed by atoms with E-state index in [9.17, 15) is 4.39 Å². The lowest BCUT2D eigenvalue weighted by Gasteiger charge is -2.06. The Kier molecular flexibility index (Phi) is 3.41. The summed E-state index contributed by atoms with van der Waals surface area (Å²) in [6.45, 7) is 0. The van der Waals surface area contributed by atoms with Gasteiger partial charge < -0.3 is 0 Å². The molecule has 2 aromatic rings. The molecule has 0 spiro atoms. The van der Waals surface area contributed by atoms with Crippen molar-refractivity contribution in [3.63, 3.8) is 0 Å². The van der Waals surface area contributed by atoms with Crippen molar-refractivity contribution in [1.29, 1.82) is 0 Å². The van der Waals surface area contributed by atoms with E-state index in [-0.39, 0.29) is 5.82 Å². The minimum absolute atomic E-state index is 0.170. The predicted molar refractivity (Wildman–Crippen MR) is 72.3 cm³/mol. The van der Waals surface area contributed by atoms with Gasteiger partial charge in [-0.05, 0) is 50.2 Å². The van der Waals surface area contributed by atoms with Crippen molar-refractivity contribution in [2.75, 3.05) is 0 Å². The molecular formula is C12H7BrFI. The summed E-state index contributed by atoms with van der Waals surface area (Å²) in [7, 11) is 0. The highest BCUT2D eigenvalue weighted by atomic mass is 127. The first-order chi connectivity index (χ1) is 7.20. The molecule has 0 atom stereocenters. The van der Waals surface area contributed by atoms with E-state index in [0.29, 0.717) is 9.13 Å². The summed E-state index contributed by atoms with van der Waals surface area (Å²) in [4.78, 5) is 0. The zero-order valence-corrected chi connectivity index (χ0v) is 11.4. The predicted octanol–water partition coefficient (Wildman–Crippen LogP) is 4.86. The molecule has 0 aliphatic rings. The maximum Gasteiger partial charge on any atom is 0.145 e. The van der Waals surface area contributed by atoms with Gasteiger partial charge in [0, 0.05) is 10.0 Å². The topological polar surface area (TPSA) is 0 Å². The molecule has 15 heavy (non-hydrogen) atoms. The third-order valence-electron chi connectivity index (χ3n) is 2.12. The second-order valence-corrected chi connectivity index (χ2v) is 5.02. The largest absolute Gasteiger partial charge is 0.205 e. The van der Waals surface area contributed by atoms with Crippen LogP contribution in [0.25, 0.3) is 11.1 Å². The number of hydrogen-bond donors (Lipinski definition) is 0. The monoisotopic (exact) mass is 376 g/mol. The van der Waals surface area contributed by atoms with Gasteiger partial charge in [0.25, 0.3) is 0 Å². The molecule has 0 unspecified atom stereocenters. The Labute approximate surface area is 110 Å². The Balaban J connectivity index is 2.60. The quantitative estimate of drug-likeness (QED) is 0.492. The molecule has 0 aromatic heterocycles. The fraction of sp³-hybridized carbons (Fsp3) is 0. The molecule has 0 aliphatic carbocycles. The molecule has 0 saturated heterocycles. The lowest BCUT2D eigenvalue weighted by atomic mass is 10.1. The SMILES string of the molecule is Fc1c(-c2ccccc2)ccc(Br)c1I. The smallest absolute Gasteiger partial charge is 0.145 e. The third kappa shape index (κ3) is 2.23. The number of halogens is 3. The standard InChI is InChI=1S/C12H7BrFI/c13-10-7-6-9(11(14)12(10)15)8-4-2-1-3-5-8/h1-7H. The van der Waals surface area contributed by atoms with Gasteiger partial charge in [0.05, 0.1) is 3.57 Å². The van der Waals surface area contributed by atoms with Gasteiger partial charge in [-0.2, -0.15) is 0 Å². The van der Waals surface area contributed by atoms with Gasteiger partial charge in [0.1, 0.15) is 5.82 Å². The maximum atomic E-state index is 13.9. The lowest BCUT2D eigenvalue weighted by molar-refractivity contribution is 0.623. The molecule has 76 valence electrons. The van der Waals surface area contributed by atoms with E-state index < -0.39 is 0 Å². The number of hydrogen-bond acceptors (Lipinski definition) is 0. The molecule has 0 saturated carbocycles. The van der Waals surface area contributed by atoms with Gasteiger partial charge in [0.2, 0.25) is 0 Å². The van der Waals surface area contributed by atoms with Crippen molar-refractivity contribution < 1.29 is 4.39 Å². The van der Waals surface area contributed by atoms with Crippen LogP contribution in [0, 0.1) is 9.39 Å². The van der Waals surface area contributed by atoms with Crippen LogP contribution in [0.1, 0.15) is 0 Å². The summed E-state index contributed by atoms with van der Waals surface area (Å²) < 4.78 is 15.3. The molecule has 0 N–H and O–H groups in total. The van der Waals surface area contributed by atoms with Gasteiger partial charge in [-0.15, -0.1) is 0 Å². The first-order valence-corrected chi connectivity index (χ1v) is 6.26. The van der Waals surface area contributed by atoms with Gasteiger partial charge in [-0.25, -0.2) is 4.39 Å². The van der Waals surface area contributed by atoms with E-state index in [2.05, 4.69) is 15.9 Å². The van der Waals surface area contributed by atoms with Crippen LogP contribution in [-0.2, 0) is 0 Å². The molecule has 0 nitrogen and oxygen atoms in total. The van der Waals surface area contributed by atoms with Gasteiger partial charge in [-0.3, -0.25) is 0 Å². The average Bonchev–Trinajstić information content (AvgIpc) is 2.27. The first kappa shape index (κ1) is 11.1. The van der Waals surface area contributed by atoms with E-state index in [0.717, 1.165) is 10.0 Å². The van der Waals surface area contributed by atoms with E-state index in [4.69, 9.17) is 0 Å². The molecule has 0 aliphatic heterocycles. The highest BCUT2D eigenvalue weighted by Gasteiger charge is 2.10. The van der Waals surface area contributed by atoms with Crippen LogP contribution in [0.5, 0.6) is 0 Å². The molecular weight excluding hydrogens is 370 g/mol.